The molecule has 0 saturated carbocycles. The van der Waals surface area contributed by atoms with Gasteiger partial charge in [-0.1, -0.05) is 46.8 Å². The normalized spacial score (nSPS) is 12.2. The average Bonchev–Trinajstić information content (AvgIpc) is 1.86. The summed E-state index contributed by atoms with van der Waals surface area (Å²) >= 11 is 0. The van der Waals surface area contributed by atoms with Gasteiger partial charge in [-0.25, -0.2) is 0 Å². The molecule has 0 N–H and O–H groups in total. The summed E-state index contributed by atoms with van der Waals surface area (Å²) in [6.45, 7) is 15.4. The highest BCUT2D eigenvalue weighted by atomic mass is 14.2. The summed E-state index contributed by atoms with van der Waals surface area (Å²) in [6, 6.07) is 0. The highest BCUT2D eigenvalue weighted by Gasteiger charge is 2.19. The van der Waals surface area contributed by atoms with Crippen molar-refractivity contribution in [2.24, 2.45) is 11.3 Å². The molecule has 0 spiro atoms. The topological polar surface area (TPSA) is 0 Å². The van der Waals surface area contributed by atoms with Gasteiger partial charge >= 0.3 is 0 Å². The molecule has 0 aromatic rings. The minimum absolute atomic E-state index is 0.338. The largest absolute Gasteiger partial charge is 0.0993 e. The second-order valence-corrected chi connectivity index (χ2v) is 4.44. The van der Waals surface area contributed by atoms with Crippen LogP contribution in [0.3, 0.4) is 0 Å². The van der Waals surface area contributed by atoms with E-state index < -0.39 is 0 Å². The lowest BCUT2D eigenvalue weighted by Crippen LogP contribution is -2.13. The van der Waals surface area contributed by atoms with Crippen molar-refractivity contribution < 1.29 is 0 Å². The van der Waals surface area contributed by atoms with E-state index in [-0.39, 0.29) is 0 Å². The van der Waals surface area contributed by atoms with Gasteiger partial charge in [0.1, 0.15) is 0 Å². The number of hydrogen-bond donors (Lipinski definition) is 0. The van der Waals surface area contributed by atoms with Gasteiger partial charge in [-0.15, -0.1) is 0 Å². The monoisotopic (exact) mass is 154 g/mol. The molecule has 0 nitrogen and oxygen atoms in total. The zero-order chi connectivity index (χ0) is 9.07. The number of hydrogen-bond acceptors (Lipinski definition) is 0. The SMILES string of the molecule is C=C(CC(C)C)C(C)(C)CC. The average molecular weight is 154 g/mol. The van der Waals surface area contributed by atoms with Crippen LogP contribution in [-0.4, -0.2) is 0 Å². The van der Waals surface area contributed by atoms with E-state index in [1.807, 2.05) is 0 Å². The lowest BCUT2D eigenvalue weighted by Gasteiger charge is -2.26. The zero-order valence-electron chi connectivity index (χ0n) is 8.70. The van der Waals surface area contributed by atoms with Gasteiger partial charge in [0, 0.05) is 0 Å². The number of rotatable bonds is 4. The maximum atomic E-state index is 4.14. The lowest BCUT2D eigenvalue weighted by molar-refractivity contribution is 0.398. The summed E-state index contributed by atoms with van der Waals surface area (Å²) in [7, 11) is 0. The molecule has 0 aliphatic carbocycles. The maximum Gasteiger partial charge on any atom is -0.0150 e. The predicted octanol–water partition coefficient (Wildman–Crippen LogP) is 4.02. The van der Waals surface area contributed by atoms with Crippen molar-refractivity contribution in [2.75, 3.05) is 0 Å². The van der Waals surface area contributed by atoms with E-state index in [1.165, 1.54) is 18.4 Å². The van der Waals surface area contributed by atoms with Crippen LogP contribution in [0.1, 0.15) is 47.5 Å². The van der Waals surface area contributed by atoms with Gasteiger partial charge in [-0.3, -0.25) is 0 Å². The fourth-order valence-electron chi connectivity index (χ4n) is 1.02. The Kier molecular flexibility index (Phi) is 3.85. The Morgan fingerprint density at radius 2 is 1.82 bits per heavy atom. The smallest absolute Gasteiger partial charge is 0.0150 e. The Balaban J connectivity index is 4.02. The van der Waals surface area contributed by atoms with Gasteiger partial charge < -0.3 is 0 Å². The van der Waals surface area contributed by atoms with E-state index in [0.717, 1.165) is 5.92 Å². The van der Waals surface area contributed by atoms with Gasteiger partial charge in [-0.2, -0.15) is 0 Å². The molecule has 0 aromatic carbocycles. The first kappa shape index (κ1) is 10.7. The van der Waals surface area contributed by atoms with E-state index in [1.54, 1.807) is 0 Å². The first-order valence-corrected chi connectivity index (χ1v) is 4.58. The second kappa shape index (κ2) is 3.94. The molecule has 0 rings (SSSR count). The molecular formula is C11H22. The fraction of sp³-hybridized carbons (Fsp3) is 0.818. The second-order valence-electron chi connectivity index (χ2n) is 4.44. The van der Waals surface area contributed by atoms with Crippen LogP contribution in [-0.2, 0) is 0 Å². The molecule has 0 heteroatoms. The Bertz CT molecular complexity index is 129. The maximum absolute atomic E-state index is 4.14. The summed E-state index contributed by atoms with van der Waals surface area (Å²) in [5, 5.41) is 0. The molecule has 0 fully saturated rings. The van der Waals surface area contributed by atoms with Crippen LogP contribution in [0.15, 0.2) is 12.2 Å². The summed E-state index contributed by atoms with van der Waals surface area (Å²) in [5.41, 5.74) is 1.74. The fourth-order valence-corrected chi connectivity index (χ4v) is 1.02. The molecule has 11 heavy (non-hydrogen) atoms. The van der Waals surface area contributed by atoms with Crippen LogP contribution in [0.5, 0.6) is 0 Å². The van der Waals surface area contributed by atoms with Crippen LogP contribution >= 0.6 is 0 Å². The predicted molar refractivity (Wildman–Crippen MR) is 52.7 cm³/mol. The van der Waals surface area contributed by atoms with Gasteiger partial charge in [-0.05, 0) is 24.2 Å². The van der Waals surface area contributed by atoms with Crippen molar-refractivity contribution in [3.8, 4) is 0 Å². The van der Waals surface area contributed by atoms with Gasteiger partial charge in [0.15, 0.2) is 0 Å². The molecule has 0 atom stereocenters. The molecule has 0 aliphatic rings. The molecule has 0 aliphatic heterocycles. The lowest BCUT2D eigenvalue weighted by atomic mass is 9.79. The minimum atomic E-state index is 0.338. The highest BCUT2D eigenvalue weighted by Crippen LogP contribution is 2.32. The van der Waals surface area contributed by atoms with Crippen molar-refractivity contribution in [1.82, 2.24) is 0 Å². The van der Waals surface area contributed by atoms with Crippen LogP contribution in [0.25, 0.3) is 0 Å². The minimum Gasteiger partial charge on any atom is -0.0993 e. The van der Waals surface area contributed by atoms with Crippen molar-refractivity contribution in [3.05, 3.63) is 12.2 Å². The number of allylic oxidation sites excluding steroid dienone is 1. The van der Waals surface area contributed by atoms with E-state index in [9.17, 15) is 0 Å². The van der Waals surface area contributed by atoms with Crippen molar-refractivity contribution >= 4 is 0 Å². The molecule has 0 amide bonds. The summed E-state index contributed by atoms with van der Waals surface area (Å²) in [5.74, 6) is 0.744. The van der Waals surface area contributed by atoms with Crippen molar-refractivity contribution in [3.63, 3.8) is 0 Å². The van der Waals surface area contributed by atoms with E-state index in [0.29, 0.717) is 5.41 Å². The van der Waals surface area contributed by atoms with Crippen LogP contribution in [0.4, 0.5) is 0 Å². The molecule has 66 valence electrons. The molecule has 0 bridgehead atoms. The third-order valence-corrected chi connectivity index (χ3v) is 2.50. The van der Waals surface area contributed by atoms with Crippen molar-refractivity contribution in [1.29, 1.82) is 0 Å². The molecule has 0 aromatic heterocycles. The van der Waals surface area contributed by atoms with Crippen molar-refractivity contribution in [2.45, 2.75) is 47.5 Å². The standard InChI is InChI=1S/C11H22/c1-7-11(5,6)10(4)8-9(2)3/h9H,4,7-8H2,1-3,5-6H3. The van der Waals surface area contributed by atoms with Crippen LogP contribution in [0, 0.1) is 11.3 Å². The Morgan fingerprint density at radius 3 is 2.09 bits per heavy atom. The summed E-state index contributed by atoms with van der Waals surface area (Å²) in [6.07, 6.45) is 2.36. The molecular weight excluding hydrogens is 132 g/mol. The summed E-state index contributed by atoms with van der Waals surface area (Å²) < 4.78 is 0. The van der Waals surface area contributed by atoms with Gasteiger partial charge in [0.05, 0.1) is 0 Å². The third-order valence-electron chi connectivity index (χ3n) is 2.50. The highest BCUT2D eigenvalue weighted by molar-refractivity contribution is 5.06. The Labute approximate surface area is 71.7 Å². The Hall–Kier alpha value is -0.260. The summed E-state index contributed by atoms with van der Waals surface area (Å²) in [4.78, 5) is 0. The Morgan fingerprint density at radius 1 is 1.36 bits per heavy atom. The van der Waals surface area contributed by atoms with E-state index in [2.05, 4.69) is 41.2 Å². The first-order valence-electron chi connectivity index (χ1n) is 4.58. The van der Waals surface area contributed by atoms with E-state index >= 15 is 0 Å². The van der Waals surface area contributed by atoms with Gasteiger partial charge in [0.25, 0.3) is 0 Å². The van der Waals surface area contributed by atoms with Crippen LogP contribution < -0.4 is 0 Å². The zero-order valence-corrected chi connectivity index (χ0v) is 8.70. The quantitative estimate of drug-likeness (QED) is 0.536. The molecule has 0 heterocycles. The van der Waals surface area contributed by atoms with Crippen LogP contribution in [0.2, 0.25) is 0 Å². The molecule has 0 saturated heterocycles. The van der Waals surface area contributed by atoms with E-state index in [4.69, 9.17) is 0 Å². The van der Waals surface area contributed by atoms with Gasteiger partial charge in [0.2, 0.25) is 0 Å². The first-order chi connectivity index (χ1) is 4.90. The molecule has 0 unspecified atom stereocenters. The third kappa shape index (κ3) is 3.60. The molecule has 0 radical (unpaired) electrons.